The van der Waals surface area contributed by atoms with Crippen molar-refractivity contribution < 1.29 is 4.74 Å². The maximum atomic E-state index is 5.51. The third-order valence-corrected chi connectivity index (χ3v) is 3.06. The Labute approximate surface area is 83.9 Å². The molecule has 3 atom stereocenters. The first kappa shape index (κ1) is 13.0. The lowest BCUT2D eigenvalue weighted by Crippen LogP contribution is -2.33. The van der Waals surface area contributed by atoms with Crippen molar-refractivity contribution in [2.45, 2.75) is 59.5 Å². The van der Waals surface area contributed by atoms with Crippen LogP contribution in [-0.2, 0) is 4.74 Å². The summed E-state index contributed by atoms with van der Waals surface area (Å²) in [5.41, 5.74) is 0. The van der Waals surface area contributed by atoms with Crippen molar-refractivity contribution in [2.75, 3.05) is 7.11 Å². The maximum Gasteiger partial charge on any atom is 0.0624 e. The van der Waals surface area contributed by atoms with Crippen molar-refractivity contribution in [3.8, 4) is 0 Å². The summed E-state index contributed by atoms with van der Waals surface area (Å²) in [6.07, 6.45) is 5.95. The number of ether oxygens (including phenoxy) is 1. The Morgan fingerprint density at radius 2 is 1.85 bits per heavy atom. The van der Waals surface area contributed by atoms with Gasteiger partial charge in [-0.05, 0) is 24.7 Å². The SMILES string of the molecule is CC.CCC1CCCC(C)C1OC. The van der Waals surface area contributed by atoms with Gasteiger partial charge in [-0.3, -0.25) is 0 Å². The van der Waals surface area contributed by atoms with Crippen molar-refractivity contribution in [1.29, 1.82) is 0 Å². The molecule has 0 saturated heterocycles. The summed E-state index contributed by atoms with van der Waals surface area (Å²) in [4.78, 5) is 0. The molecule has 0 aliphatic heterocycles. The van der Waals surface area contributed by atoms with Gasteiger partial charge in [-0.1, -0.05) is 40.5 Å². The summed E-state index contributed by atoms with van der Waals surface area (Å²) in [7, 11) is 1.86. The van der Waals surface area contributed by atoms with Gasteiger partial charge in [-0.2, -0.15) is 0 Å². The van der Waals surface area contributed by atoms with E-state index < -0.39 is 0 Å². The molecule has 0 amide bonds. The molecule has 1 saturated carbocycles. The molecule has 3 unspecified atom stereocenters. The van der Waals surface area contributed by atoms with Crippen LogP contribution in [0.5, 0.6) is 0 Å². The van der Waals surface area contributed by atoms with Crippen LogP contribution in [0.3, 0.4) is 0 Å². The fraction of sp³-hybridized carbons (Fsp3) is 1.00. The van der Waals surface area contributed by atoms with Gasteiger partial charge in [0.2, 0.25) is 0 Å². The fourth-order valence-corrected chi connectivity index (χ4v) is 2.36. The van der Waals surface area contributed by atoms with E-state index in [4.69, 9.17) is 4.74 Å². The second kappa shape index (κ2) is 7.37. The van der Waals surface area contributed by atoms with Crippen LogP contribution in [-0.4, -0.2) is 13.2 Å². The first-order valence-corrected chi connectivity index (χ1v) is 5.82. The minimum atomic E-state index is 0.536. The molecule has 0 heterocycles. The smallest absolute Gasteiger partial charge is 0.0624 e. The van der Waals surface area contributed by atoms with Gasteiger partial charge >= 0.3 is 0 Å². The largest absolute Gasteiger partial charge is 0.381 e. The Bertz CT molecular complexity index is 112. The molecule has 0 N–H and O–H groups in total. The fourth-order valence-electron chi connectivity index (χ4n) is 2.36. The molecule has 13 heavy (non-hydrogen) atoms. The van der Waals surface area contributed by atoms with Crippen LogP contribution in [0.1, 0.15) is 53.4 Å². The summed E-state index contributed by atoms with van der Waals surface area (Å²) >= 11 is 0. The number of methoxy groups -OCH3 is 1. The number of hydrogen-bond donors (Lipinski definition) is 0. The zero-order chi connectivity index (χ0) is 10.3. The highest BCUT2D eigenvalue weighted by molar-refractivity contribution is 4.79. The van der Waals surface area contributed by atoms with Crippen molar-refractivity contribution in [3.05, 3.63) is 0 Å². The van der Waals surface area contributed by atoms with Crippen molar-refractivity contribution >= 4 is 0 Å². The van der Waals surface area contributed by atoms with Gasteiger partial charge < -0.3 is 4.74 Å². The van der Waals surface area contributed by atoms with Crippen LogP contribution < -0.4 is 0 Å². The summed E-state index contributed by atoms with van der Waals surface area (Å²) in [6, 6.07) is 0. The normalized spacial score (nSPS) is 33.5. The summed E-state index contributed by atoms with van der Waals surface area (Å²) in [5, 5.41) is 0. The zero-order valence-corrected chi connectivity index (χ0v) is 9.97. The van der Waals surface area contributed by atoms with Crippen molar-refractivity contribution in [2.24, 2.45) is 11.8 Å². The average Bonchev–Trinajstić information content (AvgIpc) is 2.20. The lowest BCUT2D eigenvalue weighted by molar-refractivity contribution is -0.0148. The molecule has 1 aliphatic carbocycles. The Hall–Kier alpha value is -0.0400. The Kier molecular flexibility index (Phi) is 7.35. The van der Waals surface area contributed by atoms with E-state index in [9.17, 15) is 0 Å². The zero-order valence-electron chi connectivity index (χ0n) is 9.97. The van der Waals surface area contributed by atoms with Crippen LogP contribution in [0, 0.1) is 11.8 Å². The predicted octanol–water partition coefficient (Wildman–Crippen LogP) is 3.87. The van der Waals surface area contributed by atoms with E-state index in [1.165, 1.54) is 25.7 Å². The lowest BCUT2D eigenvalue weighted by Gasteiger charge is -2.34. The minimum absolute atomic E-state index is 0.536. The molecule has 1 heteroatoms. The van der Waals surface area contributed by atoms with Gasteiger partial charge in [0.1, 0.15) is 0 Å². The third kappa shape index (κ3) is 3.68. The van der Waals surface area contributed by atoms with Crippen molar-refractivity contribution in [3.63, 3.8) is 0 Å². The van der Waals surface area contributed by atoms with Crippen LogP contribution in [0.25, 0.3) is 0 Å². The molecule has 0 radical (unpaired) electrons. The highest BCUT2D eigenvalue weighted by Gasteiger charge is 2.28. The molecule has 0 aromatic carbocycles. The van der Waals surface area contributed by atoms with E-state index in [1.54, 1.807) is 0 Å². The maximum absolute atomic E-state index is 5.51. The standard InChI is InChI=1S/C10H20O.C2H6/c1-4-9-7-5-6-8(2)10(9)11-3;1-2/h8-10H,4-7H2,1-3H3;1-2H3. The quantitative estimate of drug-likeness (QED) is 0.636. The first-order valence-electron chi connectivity index (χ1n) is 5.82. The highest BCUT2D eigenvalue weighted by atomic mass is 16.5. The first-order chi connectivity index (χ1) is 6.29. The van der Waals surface area contributed by atoms with Gasteiger partial charge in [-0.15, -0.1) is 0 Å². The third-order valence-electron chi connectivity index (χ3n) is 3.06. The molecule has 1 aliphatic rings. The molecule has 1 nitrogen and oxygen atoms in total. The Balaban J connectivity index is 0.000000671. The topological polar surface area (TPSA) is 9.23 Å². The molecule has 0 bridgehead atoms. The van der Waals surface area contributed by atoms with Gasteiger partial charge in [0, 0.05) is 7.11 Å². The second-order valence-electron chi connectivity index (χ2n) is 3.78. The van der Waals surface area contributed by atoms with Gasteiger partial charge in [0.15, 0.2) is 0 Å². The van der Waals surface area contributed by atoms with Crippen LogP contribution in [0.4, 0.5) is 0 Å². The minimum Gasteiger partial charge on any atom is -0.381 e. The van der Waals surface area contributed by atoms with Crippen LogP contribution in [0.2, 0.25) is 0 Å². The van der Waals surface area contributed by atoms with Gasteiger partial charge in [-0.25, -0.2) is 0 Å². The molecule has 80 valence electrons. The molecular formula is C12H26O. The van der Waals surface area contributed by atoms with Gasteiger partial charge in [0.25, 0.3) is 0 Å². The van der Waals surface area contributed by atoms with Crippen LogP contribution in [0.15, 0.2) is 0 Å². The molecular weight excluding hydrogens is 160 g/mol. The van der Waals surface area contributed by atoms with E-state index in [0.29, 0.717) is 6.10 Å². The molecule has 0 spiro atoms. The van der Waals surface area contributed by atoms with Crippen molar-refractivity contribution in [1.82, 2.24) is 0 Å². The molecule has 1 rings (SSSR count). The second-order valence-corrected chi connectivity index (χ2v) is 3.78. The van der Waals surface area contributed by atoms with E-state index in [0.717, 1.165) is 11.8 Å². The number of hydrogen-bond acceptors (Lipinski definition) is 1. The van der Waals surface area contributed by atoms with E-state index in [1.807, 2.05) is 21.0 Å². The Morgan fingerprint density at radius 1 is 1.23 bits per heavy atom. The summed E-state index contributed by atoms with van der Waals surface area (Å²) in [6.45, 7) is 8.59. The molecule has 0 aromatic heterocycles. The van der Waals surface area contributed by atoms with Crippen LogP contribution >= 0.6 is 0 Å². The highest BCUT2D eigenvalue weighted by Crippen LogP contribution is 2.32. The predicted molar refractivity (Wildman–Crippen MR) is 58.9 cm³/mol. The van der Waals surface area contributed by atoms with E-state index >= 15 is 0 Å². The van der Waals surface area contributed by atoms with E-state index in [-0.39, 0.29) is 0 Å². The van der Waals surface area contributed by atoms with E-state index in [2.05, 4.69) is 13.8 Å². The summed E-state index contributed by atoms with van der Waals surface area (Å²) < 4.78 is 5.51. The summed E-state index contributed by atoms with van der Waals surface area (Å²) in [5.74, 6) is 1.60. The van der Waals surface area contributed by atoms with Gasteiger partial charge in [0.05, 0.1) is 6.10 Å². The Morgan fingerprint density at radius 3 is 2.23 bits per heavy atom. The monoisotopic (exact) mass is 186 g/mol. The average molecular weight is 186 g/mol. The number of rotatable bonds is 2. The molecule has 0 aromatic rings. The molecule has 1 fully saturated rings. The lowest BCUT2D eigenvalue weighted by atomic mass is 9.78.